The van der Waals surface area contributed by atoms with Crippen LogP contribution in [-0.2, 0) is 44.6 Å². The minimum atomic E-state index is -4.52. The van der Waals surface area contributed by atoms with Gasteiger partial charge in [0.15, 0.2) is 0 Å². The number of alkyl halides is 6. The van der Waals surface area contributed by atoms with Crippen molar-refractivity contribution in [2.24, 2.45) is 0 Å². The van der Waals surface area contributed by atoms with Gasteiger partial charge in [-0.25, -0.2) is 9.80 Å². The summed E-state index contributed by atoms with van der Waals surface area (Å²) in [5, 5.41) is 5.65. The molecule has 0 spiro atoms. The molecule has 0 radical (unpaired) electrons. The summed E-state index contributed by atoms with van der Waals surface area (Å²) in [4.78, 5) is 53.2. The molecule has 44 heavy (non-hydrogen) atoms. The van der Waals surface area contributed by atoms with Crippen LogP contribution in [0, 0.1) is 0 Å². The molecule has 2 atom stereocenters. The van der Waals surface area contributed by atoms with Crippen molar-refractivity contribution in [3.05, 3.63) is 95.1 Å². The molecule has 5 rings (SSSR count). The molecule has 2 saturated heterocycles. The van der Waals surface area contributed by atoms with Crippen molar-refractivity contribution in [2.75, 3.05) is 9.80 Å². The van der Waals surface area contributed by atoms with Crippen molar-refractivity contribution in [3.8, 4) is 0 Å². The Morgan fingerprint density at radius 1 is 0.591 bits per heavy atom. The van der Waals surface area contributed by atoms with E-state index in [0.717, 1.165) is 34.1 Å². The average molecular weight is 619 g/mol. The standard InChI is InChI=1S/C30H24F6N4O4/c31-29(32,33)19-5-1-3-17(11-19)15-37-23-13-25(41)39(27(23)43)21-7-9-22(10-8-21)40-26(42)14-24(28(40)44)38-16-18-4-2-6-20(12-18)30(34,35)36/h1-12,23-24,37-38H,13-16H2/t23-,24-/m1/s1. The summed E-state index contributed by atoms with van der Waals surface area (Å²) >= 11 is 0. The Morgan fingerprint density at radius 2 is 0.955 bits per heavy atom. The maximum atomic E-state index is 13.0. The van der Waals surface area contributed by atoms with Crippen LogP contribution in [-0.4, -0.2) is 35.7 Å². The third-order valence-corrected chi connectivity index (χ3v) is 7.27. The fourth-order valence-electron chi connectivity index (χ4n) is 5.07. The number of carbonyl (C=O) groups excluding carboxylic acids is 4. The third-order valence-electron chi connectivity index (χ3n) is 7.27. The summed E-state index contributed by atoms with van der Waals surface area (Å²) in [5.41, 5.74) is -0.757. The largest absolute Gasteiger partial charge is 0.416 e. The number of amides is 4. The molecule has 0 saturated carbocycles. The lowest BCUT2D eigenvalue weighted by Crippen LogP contribution is -2.39. The molecule has 4 amide bonds. The van der Waals surface area contributed by atoms with Crippen LogP contribution in [0.5, 0.6) is 0 Å². The first kappa shape index (κ1) is 30.9. The molecule has 0 unspecified atom stereocenters. The van der Waals surface area contributed by atoms with Gasteiger partial charge in [0, 0.05) is 13.1 Å². The number of hydrogen-bond acceptors (Lipinski definition) is 6. The SMILES string of the molecule is O=C1C[C@@H](NCc2cccc(C(F)(F)F)c2)C(=O)N1c1ccc(N2C(=O)C[C@@H](NCc3cccc(C(F)(F)F)c3)C2=O)cc1. The molecular weight excluding hydrogens is 594 g/mol. The van der Waals surface area contributed by atoms with E-state index < -0.39 is 59.2 Å². The molecule has 3 aromatic rings. The second-order valence-electron chi connectivity index (χ2n) is 10.3. The van der Waals surface area contributed by atoms with Crippen LogP contribution in [0.1, 0.15) is 35.1 Å². The number of imide groups is 2. The highest BCUT2D eigenvalue weighted by molar-refractivity contribution is 6.24. The molecule has 14 heteroatoms. The van der Waals surface area contributed by atoms with E-state index in [1.54, 1.807) is 0 Å². The summed E-state index contributed by atoms with van der Waals surface area (Å²) in [7, 11) is 0. The van der Waals surface area contributed by atoms with Crippen molar-refractivity contribution in [3.63, 3.8) is 0 Å². The molecule has 2 aliphatic heterocycles. The van der Waals surface area contributed by atoms with Gasteiger partial charge in [-0.2, -0.15) is 26.3 Å². The molecule has 2 fully saturated rings. The van der Waals surface area contributed by atoms with Crippen LogP contribution in [0.2, 0.25) is 0 Å². The highest BCUT2D eigenvalue weighted by atomic mass is 19.4. The van der Waals surface area contributed by atoms with Crippen LogP contribution in [0.15, 0.2) is 72.8 Å². The Morgan fingerprint density at radius 3 is 1.30 bits per heavy atom. The Hall–Kier alpha value is -4.56. The van der Waals surface area contributed by atoms with Crippen LogP contribution in [0.4, 0.5) is 37.7 Å². The molecule has 0 aromatic heterocycles. The van der Waals surface area contributed by atoms with Crippen LogP contribution >= 0.6 is 0 Å². The van der Waals surface area contributed by atoms with Gasteiger partial charge in [0.25, 0.3) is 11.8 Å². The van der Waals surface area contributed by atoms with Crippen LogP contribution in [0.25, 0.3) is 0 Å². The highest BCUT2D eigenvalue weighted by Gasteiger charge is 2.41. The molecule has 230 valence electrons. The molecule has 2 heterocycles. The average Bonchev–Trinajstić information content (AvgIpc) is 3.42. The molecule has 3 aromatic carbocycles. The van der Waals surface area contributed by atoms with Crippen molar-refractivity contribution in [2.45, 2.75) is 50.4 Å². The lowest BCUT2D eigenvalue weighted by Gasteiger charge is -2.19. The molecular formula is C30H24F6N4O4. The zero-order chi connectivity index (χ0) is 31.8. The van der Waals surface area contributed by atoms with E-state index >= 15 is 0 Å². The lowest BCUT2D eigenvalue weighted by atomic mass is 10.1. The van der Waals surface area contributed by atoms with E-state index in [-0.39, 0.29) is 48.4 Å². The molecule has 0 bridgehead atoms. The highest BCUT2D eigenvalue weighted by Crippen LogP contribution is 2.32. The van der Waals surface area contributed by atoms with Gasteiger partial charge in [0.1, 0.15) is 0 Å². The summed E-state index contributed by atoms with van der Waals surface area (Å²) in [6, 6.07) is 12.8. The Labute approximate surface area is 246 Å². The van der Waals surface area contributed by atoms with Crippen molar-refractivity contribution >= 4 is 35.0 Å². The van der Waals surface area contributed by atoms with Gasteiger partial charge in [0.2, 0.25) is 11.8 Å². The normalized spacial score (nSPS) is 19.4. The van der Waals surface area contributed by atoms with Gasteiger partial charge in [0.05, 0.1) is 47.4 Å². The third kappa shape index (κ3) is 6.50. The van der Waals surface area contributed by atoms with Crippen molar-refractivity contribution < 1.29 is 45.5 Å². The quantitative estimate of drug-likeness (QED) is 0.284. The summed E-state index contributed by atoms with van der Waals surface area (Å²) in [5.74, 6) is -2.31. The van der Waals surface area contributed by atoms with Gasteiger partial charge in [-0.3, -0.25) is 19.2 Å². The van der Waals surface area contributed by atoms with Crippen molar-refractivity contribution in [1.82, 2.24) is 10.6 Å². The second-order valence-corrected chi connectivity index (χ2v) is 10.3. The smallest absolute Gasteiger partial charge is 0.301 e. The first-order chi connectivity index (χ1) is 20.7. The molecule has 2 aliphatic rings. The first-order valence-electron chi connectivity index (χ1n) is 13.3. The number of benzene rings is 3. The van der Waals surface area contributed by atoms with Gasteiger partial charge in [-0.05, 0) is 47.5 Å². The number of rotatable bonds is 8. The van der Waals surface area contributed by atoms with Crippen LogP contribution < -0.4 is 20.4 Å². The number of carbonyl (C=O) groups is 4. The zero-order valence-electron chi connectivity index (χ0n) is 22.7. The number of nitrogens with one attached hydrogen (secondary N) is 2. The number of nitrogens with zero attached hydrogens (tertiary/aromatic N) is 2. The minimum Gasteiger partial charge on any atom is -0.301 e. The van der Waals surface area contributed by atoms with Gasteiger partial charge >= 0.3 is 12.4 Å². The first-order valence-corrected chi connectivity index (χ1v) is 13.3. The Kier molecular flexibility index (Phi) is 8.32. The number of hydrogen-bond donors (Lipinski definition) is 2. The Balaban J connectivity index is 1.21. The predicted molar refractivity (Wildman–Crippen MR) is 145 cm³/mol. The second kappa shape index (κ2) is 11.8. The minimum absolute atomic E-state index is 0.0808. The lowest BCUT2D eigenvalue weighted by molar-refractivity contribution is -0.138. The van der Waals surface area contributed by atoms with Gasteiger partial charge < -0.3 is 10.6 Å². The molecule has 8 nitrogen and oxygen atoms in total. The summed E-state index contributed by atoms with van der Waals surface area (Å²) in [6.45, 7) is -0.162. The van der Waals surface area contributed by atoms with E-state index in [0.29, 0.717) is 0 Å². The van der Waals surface area contributed by atoms with Crippen molar-refractivity contribution in [1.29, 1.82) is 0 Å². The van der Waals surface area contributed by atoms with Gasteiger partial charge in [-0.1, -0.05) is 36.4 Å². The molecule has 0 aliphatic carbocycles. The fraction of sp³-hybridized carbons (Fsp3) is 0.267. The maximum absolute atomic E-state index is 13.0. The Bertz CT molecular complexity index is 1490. The number of halogens is 6. The predicted octanol–water partition coefficient (Wildman–Crippen LogP) is 4.57. The fourth-order valence-corrected chi connectivity index (χ4v) is 5.07. The summed E-state index contributed by atoms with van der Waals surface area (Å²) < 4.78 is 78.0. The number of anilines is 2. The monoisotopic (exact) mass is 618 g/mol. The van der Waals surface area contributed by atoms with E-state index in [4.69, 9.17) is 0 Å². The zero-order valence-corrected chi connectivity index (χ0v) is 22.7. The van der Waals surface area contributed by atoms with E-state index in [1.165, 1.54) is 48.5 Å². The van der Waals surface area contributed by atoms with E-state index in [2.05, 4.69) is 10.6 Å². The van der Waals surface area contributed by atoms with Gasteiger partial charge in [-0.15, -0.1) is 0 Å². The maximum Gasteiger partial charge on any atom is 0.416 e. The molecule has 2 N–H and O–H groups in total. The summed E-state index contributed by atoms with van der Waals surface area (Å²) in [6.07, 6.45) is -9.48. The van der Waals surface area contributed by atoms with E-state index in [1.807, 2.05) is 0 Å². The van der Waals surface area contributed by atoms with Crippen LogP contribution in [0.3, 0.4) is 0 Å². The van der Waals surface area contributed by atoms with E-state index in [9.17, 15) is 45.5 Å². The topological polar surface area (TPSA) is 98.8 Å².